The molecule has 17 heavy (non-hydrogen) atoms. The van der Waals surface area contributed by atoms with Crippen molar-refractivity contribution in [2.24, 2.45) is 0 Å². The summed E-state index contributed by atoms with van der Waals surface area (Å²) in [6.45, 7) is 7.27. The van der Waals surface area contributed by atoms with E-state index in [1.54, 1.807) is 6.08 Å². The molecule has 0 aromatic rings. The summed E-state index contributed by atoms with van der Waals surface area (Å²) in [7, 11) is 0. The second kappa shape index (κ2) is 11.4. The summed E-state index contributed by atoms with van der Waals surface area (Å²) in [5.41, 5.74) is 0. The second-order valence-corrected chi connectivity index (χ2v) is 3.46. The quantitative estimate of drug-likeness (QED) is 0.395. The molecule has 0 aromatic carbocycles. The van der Waals surface area contributed by atoms with E-state index in [1.807, 2.05) is 6.92 Å². The van der Waals surface area contributed by atoms with Crippen LogP contribution in [0, 0.1) is 0 Å². The largest absolute Gasteiger partial charge is 0.371 e. The Morgan fingerprint density at radius 3 is 2.29 bits per heavy atom. The summed E-state index contributed by atoms with van der Waals surface area (Å²) in [6.07, 6.45) is 1.86. The molecule has 98 valence electrons. The number of carbonyl (C=O) groups is 2. The number of allylic oxidation sites excluding steroid dienone is 1. The lowest BCUT2D eigenvalue weighted by atomic mass is 10.3. The number of hydrogen-bond donors (Lipinski definition) is 1. The standard InChI is InChI=1S/C12H21NO4/c1-3-5-11(14)9-16-6-7-17-10-12(15)8-13-4-2/h3,13H,1,4-10H2,2H3. The first kappa shape index (κ1) is 16.0. The highest BCUT2D eigenvalue weighted by atomic mass is 16.5. The molecule has 0 unspecified atom stereocenters. The molecular formula is C12H21NO4. The van der Waals surface area contributed by atoms with Gasteiger partial charge in [0.15, 0.2) is 11.6 Å². The Balaban J connectivity index is 3.26. The van der Waals surface area contributed by atoms with Gasteiger partial charge in [0.1, 0.15) is 13.2 Å². The van der Waals surface area contributed by atoms with Gasteiger partial charge in [0.05, 0.1) is 19.8 Å². The average molecular weight is 243 g/mol. The number of likely N-dealkylation sites (N-methyl/N-ethyl adjacent to an activating group) is 1. The molecule has 0 aliphatic rings. The molecule has 0 aliphatic carbocycles. The van der Waals surface area contributed by atoms with Gasteiger partial charge < -0.3 is 14.8 Å². The predicted molar refractivity (Wildman–Crippen MR) is 65.0 cm³/mol. The first-order chi connectivity index (χ1) is 8.20. The van der Waals surface area contributed by atoms with Crippen molar-refractivity contribution in [1.29, 1.82) is 0 Å². The smallest absolute Gasteiger partial charge is 0.172 e. The zero-order valence-electron chi connectivity index (χ0n) is 10.4. The average Bonchev–Trinajstić information content (AvgIpc) is 2.31. The number of ether oxygens (including phenoxy) is 2. The number of ketones is 2. The van der Waals surface area contributed by atoms with Gasteiger partial charge in [0, 0.05) is 6.42 Å². The number of Topliss-reactive ketones (excluding diaryl/α,β-unsaturated/α-hetero) is 2. The predicted octanol–water partition coefficient (Wildman–Crippen LogP) is 0.343. The molecule has 5 heteroatoms. The lowest BCUT2D eigenvalue weighted by molar-refractivity contribution is -0.126. The van der Waals surface area contributed by atoms with Crippen molar-refractivity contribution in [2.45, 2.75) is 13.3 Å². The molecule has 0 amide bonds. The van der Waals surface area contributed by atoms with E-state index in [4.69, 9.17) is 9.47 Å². The summed E-state index contributed by atoms with van der Waals surface area (Å²) >= 11 is 0. The Morgan fingerprint density at radius 2 is 1.76 bits per heavy atom. The highest BCUT2D eigenvalue weighted by molar-refractivity contribution is 5.81. The van der Waals surface area contributed by atoms with Gasteiger partial charge in [-0.1, -0.05) is 13.0 Å². The van der Waals surface area contributed by atoms with E-state index in [0.29, 0.717) is 26.2 Å². The Bertz CT molecular complexity index is 241. The lowest BCUT2D eigenvalue weighted by Crippen LogP contribution is -2.26. The molecule has 0 aromatic heterocycles. The first-order valence-electron chi connectivity index (χ1n) is 5.71. The maximum atomic E-state index is 11.1. The van der Waals surface area contributed by atoms with Crippen molar-refractivity contribution in [1.82, 2.24) is 5.32 Å². The number of nitrogens with one attached hydrogen (secondary N) is 1. The van der Waals surface area contributed by atoms with Gasteiger partial charge in [0.25, 0.3) is 0 Å². The number of carbonyl (C=O) groups excluding carboxylic acids is 2. The SMILES string of the molecule is C=CCC(=O)COCCOCC(=O)CNCC. The van der Waals surface area contributed by atoms with E-state index in [0.717, 1.165) is 6.54 Å². The summed E-state index contributed by atoms with van der Waals surface area (Å²) in [4.78, 5) is 22.1. The van der Waals surface area contributed by atoms with Crippen LogP contribution in [0.3, 0.4) is 0 Å². The van der Waals surface area contributed by atoms with E-state index < -0.39 is 0 Å². The minimum atomic E-state index is -0.0109. The van der Waals surface area contributed by atoms with Crippen molar-refractivity contribution in [3.8, 4) is 0 Å². The Morgan fingerprint density at radius 1 is 1.18 bits per heavy atom. The fourth-order valence-corrected chi connectivity index (χ4v) is 1.03. The highest BCUT2D eigenvalue weighted by Crippen LogP contribution is 1.86. The topological polar surface area (TPSA) is 64.6 Å². The van der Waals surface area contributed by atoms with Crippen LogP contribution in [-0.2, 0) is 19.1 Å². The van der Waals surface area contributed by atoms with Crippen LogP contribution < -0.4 is 5.32 Å². The third-order valence-corrected chi connectivity index (χ3v) is 1.84. The second-order valence-electron chi connectivity index (χ2n) is 3.46. The van der Waals surface area contributed by atoms with Gasteiger partial charge in [0.2, 0.25) is 0 Å². The third kappa shape index (κ3) is 11.2. The monoisotopic (exact) mass is 243 g/mol. The van der Waals surface area contributed by atoms with Gasteiger partial charge in [-0.2, -0.15) is 0 Å². The lowest BCUT2D eigenvalue weighted by Gasteiger charge is -2.04. The minimum Gasteiger partial charge on any atom is -0.371 e. The molecule has 5 nitrogen and oxygen atoms in total. The van der Waals surface area contributed by atoms with Crippen LogP contribution in [0.2, 0.25) is 0 Å². The van der Waals surface area contributed by atoms with Crippen LogP contribution in [0.1, 0.15) is 13.3 Å². The molecule has 0 saturated carbocycles. The van der Waals surface area contributed by atoms with E-state index in [2.05, 4.69) is 11.9 Å². The Hall–Kier alpha value is -1.04. The maximum absolute atomic E-state index is 11.1. The molecule has 1 N–H and O–H groups in total. The fraction of sp³-hybridized carbons (Fsp3) is 0.667. The van der Waals surface area contributed by atoms with Crippen LogP contribution in [0.5, 0.6) is 0 Å². The summed E-state index contributed by atoms with van der Waals surface area (Å²) in [5.74, 6) is -0.00203. The molecule has 0 radical (unpaired) electrons. The molecule has 0 aliphatic heterocycles. The van der Waals surface area contributed by atoms with Gasteiger partial charge in [-0.15, -0.1) is 6.58 Å². The van der Waals surface area contributed by atoms with Crippen molar-refractivity contribution in [3.05, 3.63) is 12.7 Å². The van der Waals surface area contributed by atoms with Crippen LogP contribution in [0.4, 0.5) is 0 Å². The van der Waals surface area contributed by atoms with Crippen LogP contribution >= 0.6 is 0 Å². The summed E-state index contributed by atoms with van der Waals surface area (Å²) in [6, 6.07) is 0. The normalized spacial score (nSPS) is 10.2. The number of hydrogen-bond acceptors (Lipinski definition) is 5. The van der Waals surface area contributed by atoms with Gasteiger partial charge >= 0.3 is 0 Å². The third-order valence-electron chi connectivity index (χ3n) is 1.84. The molecule has 0 rings (SSSR count). The van der Waals surface area contributed by atoms with Crippen molar-refractivity contribution >= 4 is 11.6 Å². The number of rotatable bonds is 12. The van der Waals surface area contributed by atoms with E-state index in [9.17, 15) is 9.59 Å². The molecule has 0 fully saturated rings. The molecular weight excluding hydrogens is 222 g/mol. The van der Waals surface area contributed by atoms with Gasteiger partial charge in [-0.3, -0.25) is 9.59 Å². The van der Waals surface area contributed by atoms with Crippen LogP contribution in [-0.4, -0.2) is 51.1 Å². The van der Waals surface area contributed by atoms with Crippen LogP contribution in [0.25, 0.3) is 0 Å². The van der Waals surface area contributed by atoms with Crippen molar-refractivity contribution < 1.29 is 19.1 Å². The van der Waals surface area contributed by atoms with Gasteiger partial charge in [-0.25, -0.2) is 0 Å². The zero-order valence-corrected chi connectivity index (χ0v) is 10.4. The highest BCUT2D eigenvalue weighted by Gasteiger charge is 2.01. The van der Waals surface area contributed by atoms with Crippen molar-refractivity contribution in [3.63, 3.8) is 0 Å². The molecule has 0 heterocycles. The minimum absolute atomic E-state index is 0.00887. The Kier molecular flexibility index (Phi) is 10.7. The molecule has 0 bridgehead atoms. The van der Waals surface area contributed by atoms with Gasteiger partial charge in [-0.05, 0) is 6.54 Å². The fourth-order valence-electron chi connectivity index (χ4n) is 1.03. The Labute approximate surface area is 102 Å². The van der Waals surface area contributed by atoms with E-state index >= 15 is 0 Å². The molecule has 0 saturated heterocycles. The summed E-state index contributed by atoms with van der Waals surface area (Å²) < 4.78 is 10.1. The molecule has 0 spiro atoms. The maximum Gasteiger partial charge on any atom is 0.172 e. The zero-order chi connectivity index (χ0) is 12.9. The summed E-state index contributed by atoms with van der Waals surface area (Å²) in [5, 5.41) is 2.91. The van der Waals surface area contributed by atoms with Crippen molar-refractivity contribution in [2.75, 3.05) is 39.5 Å². The van der Waals surface area contributed by atoms with E-state index in [-0.39, 0.29) is 24.8 Å². The van der Waals surface area contributed by atoms with E-state index in [1.165, 1.54) is 0 Å². The first-order valence-corrected chi connectivity index (χ1v) is 5.71. The van der Waals surface area contributed by atoms with Crippen LogP contribution in [0.15, 0.2) is 12.7 Å². The molecule has 0 atom stereocenters.